The Labute approximate surface area is 105 Å². The zero-order chi connectivity index (χ0) is 13.9. The largest absolute Gasteiger partial charge is 0.467 e. The van der Waals surface area contributed by atoms with Crippen molar-refractivity contribution in [2.24, 2.45) is 0 Å². The molecule has 0 aliphatic carbocycles. The van der Waals surface area contributed by atoms with Crippen LogP contribution in [-0.4, -0.2) is 24.5 Å². The van der Waals surface area contributed by atoms with Crippen LogP contribution in [0.5, 0.6) is 0 Å². The molecular weight excluding hydrogens is 237 g/mol. The lowest BCUT2D eigenvalue weighted by Gasteiger charge is -2.23. The van der Waals surface area contributed by atoms with Gasteiger partial charge in [0.2, 0.25) is 0 Å². The molecule has 98 valence electrons. The summed E-state index contributed by atoms with van der Waals surface area (Å²) in [6.45, 7) is 4.64. The molecule has 1 aromatic rings. The first-order valence-electron chi connectivity index (χ1n) is 5.45. The molecule has 1 aromatic carbocycles. The van der Waals surface area contributed by atoms with Gasteiger partial charge in [-0.05, 0) is 38.5 Å². The van der Waals surface area contributed by atoms with Crippen LogP contribution in [0.2, 0.25) is 0 Å². The number of halogens is 1. The molecule has 0 unspecified atom stereocenters. The summed E-state index contributed by atoms with van der Waals surface area (Å²) in [5, 5.41) is 2.49. The first kappa shape index (κ1) is 14.2. The quantitative estimate of drug-likeness (QED) is 0.836. The minimum atomic E-state index is -1.16. The molecule has 0 heterocycles. The van der Waals surface area contributed by atoms with E-state index in [-0.39, 0.29) is 5.56 Å². The van der Waals surface area contributed by atoms with E-state index in [1.807, 2.05) is 0 Å². The molecule has 1 amide bonds. The van der Waals surface area contributed by atoms with E-state index >= 15 is 0 Å². The summed E-state index contributed by atoms with van der Waals surface area (Å²) < 4.78 is 17.9. The molecule has 0 fully saturated rings. The van der Waals surface area contributed by atoms with Crippen molar-refractivity contribution in [1.29, 1.82) is 0 Å². The van der Waals surface area contributed by atoms with Gasteiger partial charge < -0.3 is 10.1 Å². The van der Waals surface area contributed by atoms with Crippen molar-refractivity contribution in [3.8, 4) is 0 Å². The summed E-state index contributed by atoms with van der Waals surface area (Å²) in [4.78, 5) is 23.3. The molecule has 0 aromatic heterocycles. The number of hydrogen-bond donors (Lipinski definition) is 1. The van der Waals surface area contributed by atoms with Crippen molar-refractivity contribution in [1.82, 2.24) is 5.32 Å². The Bertz CT molecular complexity index is 483. The fourth-order valence-electron chi connectivity index (χ4n) is 1.40. The molecule has 0 radical (unpaired) electrons. The molecule has 0 atom stereocenters. The lowest BCUT2D eigenvalue weighted by atomic mass is 10.0. The summed E-state index contributed by atoms with van der Waals surface area (Å²) >= 11 is 0. The SMILES string of the molecule is COC(=O)C(C)(C)NC(=O)c1ccc(C)c(F)c1. The molecule has 0 spiro atoms. The van der Waals surface area contributed by atoms with Gasteiger partial charge in [-0.3, -0.25) is 4.79 Å². The van der Waals surface area contributed by atoms with Gasteiger partial charge in [-0.25, -0.2) is 9.18 Å². The zero-order valence-corrected chi connectivity index (χ0v) is 10.8. The summed E-state index contributed by atoms with van der Waals surface area (Å²) in [5.74, 6) is -1.55. The molecule has 1 rings (SSSR count). The number of aryl methyl sites for hydroxylation is 1. The Morgan fingerprint density at radius 1 is 1.33 bits per heavy atom. The van der Waals surface area contributed by atoms with Crippen LogP contribution in [0.4, 0.5) is 4.39 Å². The number of esters is 1. The third-order valence-electron chi connectivity index (χ3n) is 2.56. The zero-order valence-electron chi connectivity index (χ0n) is 10.8. The Balaban J connectivity index is 2.89. The van der Waals surface area contributed by atoms with Gasteiger partial charge >= 0.3 is 5.97 Å². The fourth-order valence-corrected chi connectivity index (χ4v) is 1.40. The van der Waals surface area contributed by atoms with Crippen LogP contribution >= 0.6 is 0 Å². The molecule has 0 saturated carbocycles. The van der Waals surface area contributed by atoms with E-state index in [0.717, 1.165) is 6.07 Å². The monoisotopic (exact) mass is 253 g/mol. The number of carbonyl (C=O) groups is 2. The summed E-state index contributed by atoms with van der Waals surface area (Å²) in [5.41, 5.74) is -0.540. The summed E-state index contributed by atoms with van der Waals surface area (Å²) in [7, 11) is 1.24. The minimum absolute atomic E-state index is 0.162. The maximum Gasteiger partial charge on any atom is 0.330 e. The molecule has 0 aliphatic rings. The Morgan fingerprint density at radius 3 is 2.44 bits per heavy atom. The molecule has 18 heavy (non-hydrogen) atoms. The fraction of sp³-hybridized carbons (Fsp3) is 0.385. The van der Waals surface area contributed by atoms with E-state index in [1.165, 1.54) is 33.1 Å². The van der Waals surface area contributed by atoms with Gasteiger partial charge in [0.1, 0.15) is 11.4 Å². The first-order chi connectivity index (χ1) is 8.27. The number of methoxy groups -OCH3 is 1. The van der Waals surface area contributed by atoms with Crippen molar-refractivity contribution in [3.63, 3.8) is 0 Å². The van der Waals surface area contributed by atoms with Crippen molar-refractivity contribution in [2.45, 2.75) is 26.3 Å². The molecule has 0 bridgehead atoms. The Hall–Kier alpha value is -1.91. The van der Waals surface area contributed by atoms with Gasteiger partial charge in [-0.15, -0.1) is 0 Å². The highest BCUT2D eigenvalue weighted by molar-refractivity contribution is 5.97. The van der Waals surface area contributed by atoms with Gasteiger partial charge in [0.15, 0.2) is 0 Å². The van der Waals surface area contributed by atoms with Crippen LogP contribution in [0.3, 0.4) is 0 Å². The smallest absolute Gasteiger partial charge is 0.330 e. The number of hydrogen-bond acceptors (Lipinski definition) is 3. The van der Waals surface area contributed by atoms with Gasteiger partial charge in [-0.1, -0.05) is 6.07 Å². The van der Waals surface area contributed by atoms with Crippen molar-refractivity contribution >= 4 is 11.9 Å². The van der Waals surface area contributed by atoms with Gasteiger partial charge in [0.25, 0.3) is 5.91 Å². The topological polar surface area (TPSA) is 55.4 Å². The van der Waals surface area contributed by atoms with E-state index < -0.39 is 23.2 Å². The number of ether oxygens (including phenoxy) is 1. The van der Waals surface area contributed by atoms with Crippen LogP contribution in [0.25, 0.3) is 0 Å². The average molecular weight is 253 g/mol. The van der Waals surface area contributed by atoms with Crippen molar-refractivity contribution in [2.75, 3.05) is 7.11 Å². The lowest BCUT2D eigenvalue weighted by molar-refractivity contribution is -0.146. The highest BCUT2D eigenvalue weighted by Crippen LogP contribution is 2.11. The van der Waals surface area contributed by atoms with E-state index in [1.54, 1.807) is 6.92 Å². The number of amides is 1. The second kappa shape index (κ2) is 5.16. The molecule has 4 nitrogen and oxygen atoms in total. The average Bonchev–Trinajstić information content (AvgIpc) is 2.30. The number of rotatable bonds is 3. The van der Waals surface area contributed by atoms with E-state index in [0.29, 0.717) is 5.56 Å². The van der Waals surface area contributed by atoms with Gasteiger partial charge in [-0.2, -0.15) is 0 Å². The van der Waals surface area contributed by atoms with Crippen LogP contribution in [-0.2, 0) is 9.53 Å². The Morgan fingerprint density at radius 2 is 1.94 bits per heavy atom. The standard InChI is InChI=1S/C13H16FNO3/c1-8-5-6-9(7-10(8)14)11(16)15-13(2,3)12(17)18-4/h5-7H,1-4H3,(H,15,16). The number of carbonyl (C=O) groups excluding carboxylic acids is 2. The Kier molecular flexibility index (Phi) is 4.06. The number of benzene rings is 1. The normalized spacial score (nSPS) is 10.9. The second-order valence-corrected chi connectivity index (χ2v) is 4.53. The van der Waals surface area contributed by atoms with E-state index in [9.17, 15) is 14.0 Å². The summed E-state index contributed by atoms with van der Waals surface area (Å²) in [6.07, 6.45) is 0. The minimum Gasteiger partial charge on any atom is -0.467 e. The maximum absolute atomic E-state index is 13.3. The molecular formula is C13H16FNO3. The maximum atomic E-state index is 13.3. The summed E-state index contributed by atoms with van der Waals surface area (Å²) in [6, 6.07) is 4.15. The molecule has 1 N–H and O–H groups in total. The molecule has 0 saturated heterocycles. The van der Waals surface area contributed by atoms with Crippen LogP contribution in [0.15, 0.2) is 18.2 Å². The first-order valence-corrected chi connectivity index (χ1v) is 5.45. The third kappa shape index (κ3) is 3.06. The predicted molar refractivity (Wildman–Crippen MR) is 64.7 cm³/mol. The van der Waals surface area contributed by atoms with Gasteiger partial charge in [0, 0.05) is 5.56 Å². The van der Waals surface area contributed by atoms with E-state index in [4.69, 9.17) is 0 Å². The van der Waals surface area contributed by atoms with Gasteiger partial charge in [0.05, 0.1) is 7.11 Å². The number of nitrogens with one attached hydrogen (secondary N) is 1. The highest BCUT2D eigenvalue weighted by atomic mass is 19.1. The molecule has 5 heteroatoms. The van der Waals surface area contributed by atoms with Crippen LogP contribution in [0, 0.1) is 12.7 Å². The van der Waals surface area contributed by atoms with Crippen LogP contribution < -0.4 is 5.32 Å². The second-order valence-electron chi connectivity index (χ2n) is 4.53. The van der Waals surface area contributed by atoms with Crippen LogP contribution in [0.1, 0.15) is 29.8 Å². The van der Waals surface area contributed by atoms with E-state index in [2.05, 4.69) is 10.1 Å². The predicted octanol–water partition coefficient (Wildman–Crippen LogP) is 1.82. The lowest BCUT2D eigenvalue weighted by Crippen LogP contribution is -2.50. The molecule has 0 aliphatic heterocycles. The third-order valence-corrected chi connectivity index (χ3v) is 2.56. The van der Waals surface area contributed by atoms with Crippen molar-refractivity contribution < 1.29 is 18.7 Å². The highest BCUT2D eigenvalue weighted by Gasteiger charge is 2.30. The van der Waals surface area contributed by atoms with Crippen molar-refractivity contribution in [3.05, 3.63) is 35.1 Å².